The minimum Gasteiger partial charge on any atom is -0.355 e. The SMILES string of the molecule is O=C1CCC(C(=O)NCC2CCN(c3cnc4ccccc4n3)CC2)N1. The first-order valence-electron chi connectivity index (χ1n) is 9.23. The molecule has 1 aromatic heterocycles. The smallest absolute Gasteiger partial charge is 0.242 e. The number of nitrogens with zero attached hydrogens (tertiary/aromatic N) is 3. The maximum absolute atomic E-state index is 12.1. The van der Waals surface area contributed by atoms with Crippen LogP contribution in [0.15, 0.2) is 30.5 Å². The van der Waals surface area contributed by atoms with Crippen LogP contribution in [-0.4, -0.2) is 47.5 Å². The molecule has 136 valence electrons. The van der Waals surface area contributed by atoms with Crippen molar-refractivity contribution in [3.63, 3.8) is 0 Å². The summed E-state index contributed by atoms with van der Waals surface area (Å²) in [5.41, 5.74) is 1.82. The molecule has 0 bridgehead atoms. The second kappa shape index (κ2) is 7.27. The number of para-hydroxylation sites is 2. The fourth-order valence-electron chi connectivity index (χ4n) is 3.64. The van der Waals surface area contributed by atoms with Gasteiger partial charge in [0.05, 0.1) is 17.2 Å². The lowest BCUT2D eigenvalue weighted by Crippen LogP contribution is -2.45. The summed E-state index contributed by atoms with van der Waals surface area (Å²) in [4.78, 5) is 34.8. The van der Waals surface area contributed by atoms with E-state index in [4.69, 9.17) is 4.98 Å². The molecule has 2 fully saturated rings. The summed E-state index contributed by atoms with van der Waals surface area (Å²) in [6.07, 6.45) is 4.90. The first kappa shape index (κ1) is 16.8. The van der Waals surface area contributed by atoms with E-state index in [2.05, 4.69) is 20.5 Å². The largest absolute Gasteiger partial charge is 0.355 e. The van der Waals surface area contributed by atoms with Gasteiger partial charge in [-0.3, -0.25) is 14.6 Å². The fraction of sp³-hybridized carbons (Fsp3) is 0.474. The third-order valence-corrected chi connectivity index (χ3v) is 5.25. The third-order valence-electron chi connectivity index (χ3n) is 5.25. The molecular formula is C19H23N5O2. The van der Waals surface area contributed by atoms with Gasteiger partial charge in [0.15, 0.2) is 0 Å². The van der Waals surface area contributed by atoms with Crippen LogP contribution in [0.25, 0.3) is 11.0 Å². The van der Waals surface area contributed by atoms with Gasteiger partial charge in [0.25, 0.3) is 0 Å². The van der Waals surface area contributed by atoms with Crippen LogP contribution in [-0.2, 0) is 9.59 Å². The maximum Gasteiger partial charge on any atom is 0.242 e. The summed E-state index contributed by atoms with van der Waals surface area (Å²) in [7, 11) is 0. The average molecular weight is 353 g/mol. The molecule has 2 amide bonds. The monoisotopic (exact) mass is 353 g/mol. The normalized spacial score (nSPS) is 21.0. The van der Waals surface area contributed by atoms with Gasteiger partial charge in [-0.05, 0) is 37.3 Å². The minimum atomic E-state index is -0.351. The number of fused-ring (bicyclic) bond motifs is 1. The zero-order chi connectivity index (χ0) is 17.9. The first-order chi connectivity index (χ1) is 12.7. The Morgan fingerprint density at radius 3 is 2.69 bits per heavy atom. The lowest BCUT2D eigenvalue weighted by Gasteiger charge is -2.32. The van der Waals surface area contributed by atoms with E-state index in [9.17, 15) is 9.59 Å². The Morgan fingerprint density at radius 1 is 1.19 bits per heavy atom. The van der Waals surface area contributed by atoms with Crippen LogP contribution < -0.4 is 15.5 Å². The molecule has 26 heavy (non-hydrogen) atoms. The highest BCUT2D eigenvalue weighted by Gasteiger charge is 2.28. The van der Waals surface area contributed by atoms with Gasteiger partial charge >= 0.3 is 0 Å². The molecule has 2 aliphatic rings. The number of carbonyl (C=O) groups excluding carboxylic acids is 2. The van der Waals surface area contributed by atoms with Crippen LogP contribution in [0.2, 0.25) is 0 Å². The first-order valence-corrected chi connectivity index (χ1v) is 9.23. The molecule has 0 spiro atoms. The number of hydrogen-bond acceptors (Lipinski definition) is 5. The van der Waals surface area contributed by atoms with Gasteiger partial charge in [-0.1, -0.05) is 12.1 Å². The van der Waals surface area contributed by atoms with Crippen LogP contribution in [0.5, 0.6) is 0 Å². The highest BCUT2D eigenvalue weighted by Crippen LogP contribution is 2.22. The summed E-state index contributed by atoms with van der Waals surface area (Å²) in [5, 5.41) is 5.70. The summed E-state index contributed by atoms with van der Waals surface area (Å²) in [6.45, 7) is 2.49. The quantitative estimate of drug-likeness (QED) is 0.864. The number of nitrogens with one attached hydrogen (secondary N) is 2. The molecule has 1 atom stereocenters. The highest BCUT2D eigenvalue weighted by molar-refractivity contribution is 5.90. The number of rotatable bonds is 4. The van der Waals surface area contributed by atoms with Crippen molar-refractivity contribution in [3.05, 3.63) is 30.5 Å². The molecule has 3 heterocycles. The van der Waals surface area contributed by atoms with Crippen molar-refractivity contribution in [2.24, 2.45) is 5.92 Å². The molecule has 1 unspecified atom stereocenters. The standard InChI is InChI=1S/C19H23N5O2/c25-18-6-5-16(23-18)19(26)21-11-13-7-9-24(10-8-13)17-12-20-14-3-1-2-4-15(14)22-17/h1-4,12-13,16H,5-11H2,(H,21,26)(H,23,25). The van der Waals surface area contributed by atoms with Crippen LogP contribution >= 0.6 is 0 Å². The summed E-state index contributed by atoms with van der Waals surface area (Å²) in [6, 6.07) is 7.54. The molecule has 7 nitrogen and oxygen atoms in total. The second-order valence-corrected chi connectivity index (χ2v) is 7.05. The van der Waals surface area contributed by atoms with E-state index in [-0.39, 0.29) is 17.9 Å². The number of piperidine rings is 1. The lowest BCUT2D eigenvalue weighted by molar-refractivity contribution is -0.125. The van der Waals surface area contributed by atoms with Gasteiger partial charge in [0.2, 0.25) is 11.8 Å². The van der Waals surface area contributed by atoms with Crippen LogP contribution in [0.4, 0.5) is 5.82 Å². The lowest BCUT2D eigenvalue weighted by atomic mass is 9.96. The number of benzene rings is 1. The second-order valence-electron chi connectivity index (χ2n) is 7.05. The summed E-state index contributed by atoms with van der Waals surface area (Å²) >= 11 is 0. The van der Waals surface area contributed by atoms with E-state index in [0.29, 0.717) is 25.3 Å². The Morgan fingerprint density at radius 2 is 1.96 bits per heavy atom. The van der Waals surface area contributed by atoms with Gasteiger partial charge in [-0.15, -0.1) is 0 Å². The Balaban J connectivity index is 1.28. The van der Waals surface area contributed by atoms with Crippen molar-refractivity contribution in [1.29, 1.82) is 0 Å². The molecule has 0 radical (unpaired) electrons. The number of hydrogen-bond donors (Lipinski definition) is 2. The van der Waals surface area contributed by atoms with Crippen molar-refractivity contribution < 1.29 is 9.59 Å². The van der Waals surface area contributed by atoms with E-state index in [1.54, 1.807) is 0 Å². The molecule has 0 aliphatic carbocycles. The number of aromatic nitrogens is 2. The van der Waals surface area contributed by atoms with E-state index in [0.717, 1.165) is 42.8 Å². The molecule has 1 aromatic carbocycles. The minimum absolute atomic E-state index is 0.0325. The fourth-order valence-corrected chi connectivity index (χ4v) is 3.64. The molecule has 2 aliphatic heterocycles. The molecule has 7 heteroatoms. The Kier molecular flexibility index (Phi) is 4.69. The van der Waals surface area contributed by atoms with E-state index < -0.39 is 0 Å². The van der Waals surface area contributed by atoms with Gasteiger partial charge < -0.3 is 15.5 Å². The van der Waals surface area contributed by atoms with Gasteiger partial charge in [0.1, 0.15) is 11.9 Å². The summed E-state index contributed by atoms with van der Waals surface area (Å²) in [5.74, 6) is 1.29. The van der Waals surface area contributed by atoms with E-state index >= 15 is 0 Å². The van der Waals surface area contributed by atoms with Gasteiger partial charge in [-0.2, -0.15) is 0 Å². The highest BCUT2D eigenvalue weighted by atomic mass is 16.2. The third kappa shape index (κ3) is 3.61. The number of amides is 2. The van der Waals surface area contributed by atoms with Crippen molar-refractivity contribution >= 4 is 28.7 Å². The van der Waals surface area contributed by atoms with Crippen LogP contribution in [0.3, 0.4) is 0 Å². The molecular weight excluding hydrogens is 330 g/mol. The van der Waals surface area contributed by atoms with Gasteiger partial charge in [0, 0.05) is 26.1 Å². The number of anilines is 1. The Labute approximate surface area is 152 Å². The van der Waals surface area contributed by atoms with Crippen molar-refractivity contribution in [3.8, 4) is 0 Å². The predicted octanol–water partition coefficient (Wildman–Crippen LogP) is 1.24. The van der Waals surface area contributed by atoms with Crippen molar-refractivity contribution in [1.82, 2.24) is 20.6 Å². The Hall–Kier alpha value is -2.70. The van der Waals surface area contributed by atoms with Crippen molar-refractivity contribution in [2.45, 2.75) is 31.7 Å². The zero-order valence-corrected chi connectivity index (χ0v) is 14.6. The zero-order valence-electron chi connectivity index (χ0n) is 14.6. The van der Waals surface area contributed by atoms with Crippen LogP contribution in [0.1, 0.15) is 25.7 Å². The Bertz CT molecular complexity index is 816. The van der Waals surface area contributed by atoms with E-state index in [1.165, 1.54) is 0 Å². The average Bonchev–Trinajstić information content (AvgIpc) is 3.12. The van der Waals surface area contributed by atoms with E-state index in [1.807, 2.05) is 30.5 Å². The van der Waals surface area contributed by atoms with Gasteiger partial charge in [-0.25, -0.2) is 4.98 Å². The topological polar surface area (TPSA) is 87.2 Å². The summed E-state index contributed by atoms with van der Waals surface area (Å²) < 4.78 is 0. The molecule has 2 N–H and O–H groups in total. The van der Waals surface area contributed by atoms with Crippen molar-refractivity contribution in [2.75, 3.05) is 24.5 Å². The number of carbonyl (C=O) groups is 2. The molecule has 2 aromatic rings. The molecule has 0 saturated carbocycles. The molecule has 2 saturated heterocycles. The molecule has 4 rings (SSSR count). The van der Waals surface area contributed by atoms with Crippen LogP contribution in [0, 0.1) is 5.92 Å². The maximum atomic E-state index is 12.1. The predicted molar refractivity (Wildman–Crippen MR) is 98.6 cm³/mol.